The Morgan fingerprint density at radius 2 is 2.09 bits per heavy atom. The number of urea groups is 1. The molecule has 6 heteroatoms. The molecule has 0 aliphatic carbocycles. The lowest BCUT2D eigenvalue weighted by Crippen LogP contribution is -2.49. The van der Waals surface area contributed by atoms with Gasteiger partial charge in [0.05, 0.1) is 0 Å². The molecule has 11 heavy (non-hydrogen) atoms. The summed E-state index contributed by atoms with van der Waals surface area (Å²) in [5.41, 5.74) is 4.34. The van der Waals surface area contributed by atoms with Gasteiger partial charge in [-0.15, -0.1) is 12.4 Å². The van der Waals surface area contributed by atoms with E-state index in [-0.39, 0.29) is 24.9 Å². The van der Waals surface area contributed by atoms with E-state index in [1.807, 2.05) is 0 Å². The number of rotatable bonds is 1. The lowest BCUT2D eigenvalue weighted by molar-refractivity contribution is -0.123. The van der Waals surface area contributed by atoms with Crippen LogP contribution in [0, 0.1) is 0 Å². The molecule has 0 aromatic carbocycles. The Balaban J connectivity index is 0.000001000. The highest BCUT2D eigenvalue weighted by Gasteiger charge is 2.40. The third-order valence-corrected chi connectivity index (χ3v) is 1.53. The van der Waals surface area contributed by atoms with Gasteiger partial charge < -0.3 is 11.1 Å². The predicted octanol–water partition coefficient (Wildman–Crippen LogP) is -1.03. The van der Waals surface area contributed by atoms with E-state index in [2.05, 4.69) is 10.6 Å². The lowest BCUT2D eigenvalue weighted by atomic mass is 10.0. The lowest BCUT2D eigenvalue weighted by Gasteiger charge is -2.16. The first kappa shape index (κ1) is 10.2. The van der Waals surface area contributed by atoms with E-state index in [0.29, 0.717) is 0 Å². The smallest absolute Gasteiger partial charge is 0.322 e. The van der Waals surface area contributed by atoms with E-state index >= 15 is 0 Å². The van der Waals surface area contributed by atoms with E-state index in [1.54, 1.807) is 6.92 Å². The number of halogens is 1. The summed E-state index contributed by atoms with van der Waals surface area (Å²) in [6.45, 7) is 1.69. The van der Waals surface area contributed by atoms with Gasteiger partial charge in [0.15, 0.2) is 0 Å². The standard InChI is InChI=1S/C5H9N3O2.ClH/c1-5(2-6)3(9)7-4(10)8-5;/h2,6H2,1H3,(H2,7,8,9,10);1H/t5-;/m1./s1. The SMILES string of the molecule is C[C@]1(CN)NC(=O)NC1=O.Cl. The molecular weight excluding hydrogens is 170 g/mol. The van der Waals surface area contributed by atoms with Crippen LogP contribution in [0.2, 0.25) is 0 Å². The zero-order valence-corrected chi connectivity index (χ0v) is 6.83. The van der Waals surface area contributed by atoms with Crippen molar-refractivity contribution in [3.05, 3.63) is 0 Å². The molecule has 0 unspecified atom stereocenters. The van der Waals surface area contributed by atoms with Gasteiger partial charge in [-0.3, -0.25) is 10.1 Å². The molecule has 4 N–H and O–H groups in total. The maximum atomic E-state index is 10.9. The van der Waals surface area contributed by atoms with Crippen molar-refractivity contribution in [2.75, 3.05) is 6.54 Å². The summed E-state index contributed by atoms with van der Waals surface area (Å²) >= 11 is 0. The highest BCUT2D eigenvalue weighted by molar-refractivity contribution is 6.06. The fourth-order valence-electron chi connectivity index (χ4n) is 0.723. The number of carbonyl (C=O) groups is 2. The van der Waals surface area contributed by atoms with Crippen LogP contribution in [-0.2, 0) is 4.79 Å². The van der Waals surface area contributed by atoms with Gasteiger partial charge in [-0.05, 0) is 6.92 Å². The molecule has 0 bridgehead atoms. The Morgan fingerprint density at radius 1 is 1.55 bits per heavy atom. The van der Waals surface area contributed by atoms with Crippen molar-refractivity contribution < 1.29 is 9.59 Å². The maximum absolute atomic E-state index is 10.9. The van der Waals surface area contributed by atoms with E-state index in [9.17, 15) is 9.59 Å². The summed E-state index contributed by atoms with van der Waals surface area (Å²) < 4.78 is 0. The topological polar surface area (TPSA) is 84.2 Å². The summed E-state index contributed by atoms with van der Waals surface area (Å²) in [6, 6.07) is -0.474. The number of amides is 3. The van der Waals surface area contributed by atoms with E-state index in [4.69, 9.17) is 5.73 Å². The van der Waals surface area contributed by atoms with Gasteiger partial charge in [-0.1, -0.05) is 0 Å². The number of nitrogens with two attached hydrogens (primary N) is 1. The van der Waals surface area contributed by atoms with Crippen molar-refractivity contribution in [2.45, 2.75) is 12.5 Å². The molecule has 64 valence electrons. The maximum Gasteiger partial charge on any atom is 0.322 e. The van der Waals surface area contributed by atoms with Crippen molar-refractivity contribution in [1.29, 1.82) is 0 Å². The summed E-state index contributed by atoms with van der Waals surface area (Å²) in [5.74, 6) is -0.361. The Hall–Kier alpha value is -0.810. The van der Waals surface area contributed by atoms with E-state index < -0.39 is 11.6 Å². The van der Waals surface area contributed by atoms with Crippen molar-refractivity contribution in [1.82, 2.24) is 10.6 Å². The molecule has 5 nitrogen and oxygen atoms in total. The van der Waals surface area contributed by atoms with Crippen LogP contribution >= 0.6 is 12.4 Å². The van der Waals surface area contributed by atoms with Crippen LogP contribution in [0.25, 0.3) is 0 Å². The molecule has 0 aromatic rings. The van der Waals surface area contributed by atoms with Crippen LogP contribution in [-0.4, -0.2) is 24.0 Å². The van der Waals surface area contributed by atoms with Crippen LogP contribution in [0.1, 0.15) is 6.92 Å². The first-order chi connectivity index (χ1) is 4.58. The quantitative estimate of drug-likeness (QED) is 0.450. The second kappa shape index (κ2) is 3.06. The first-order valence-electron chi connectivity index (χ1n) is 2.92. The van der Waals surface area contributed by atoms with Crippen molar-refractivity contribution in [3.63, 3.8) is 0 Å². The van der Waals surface area contributed by atoms with Crippen molar-refractivity contribution >= 4 is 24.3 Å². The molecule has 0 radical (unpaired) electrons. The summed E-state index contributed by atoms with van der Waals surface area (Å²) in [6.07, 6.45) is 0. The summed E-state index contributed by atoms with van der Waals surface area (Å²) in [7, 11) is 0. The minimum Gasteiger partial charge on any atom is -0.328 e. The van der Waals surface area contributed by atoms with E-state index in [0.717, 1.165) is 0 Å². The Bertz CT molecular complexity index is 196. The van der Waals surface area contributed by atoms with Gasteiger partial charge in [0, 0.05) is 6.54 Å². The van der Waals surface area contributed by atoms with Gasteiger partial charge in [0.25, 0.3) is 5.91 Å². The monoisotopic (exact) mass is 179 g/mol. The molecular formula is C5H10ClN3O2. The second-order valence-corrected chi connectivity index (χ2v) is 2.44. The Kier molecular flexibility index (Phi) is 2.84. The van der Waals surface area contributed by atoms with Gasteiger partial charge in [0.1, 0.15) is 5.54 Å². The molecule has 1 saturated heterocycles. The minimum absolute atomic E-state index is 0. The number of nitrogens with one attached hydrogen (secondary N) is 2. The zero-order valence-electron chi connectivity index (χ0n) is 6.01. The van der Waals surface area contributed by atoms with Crippen LogP contribution in [0.15, 0.2) is 0 Å². The molecule has 1 atom stereocenters. The van der Waals surface area contributed by atoms with Crippen LogP contribution in [0.4, 0.5) is 4.79 Å². The first-order valence-corrected chi connectivity index (χ1v) is 2.92. The fraction of sp³-hybridized carbons (Fsp3) is 0.600. The van der Waals surface area contributed by atoms with Crippen molar-refractivity contribution in [3.8, 4) is 0 Å². The summed E-state index contributed by atoms with van der Waals surface area (Å²) in [4.78, 5) is 21.4. The predicted molar refractivity (Wildman–Crippen MR) is 41.4 cm³/mol. The molecule has 3 amide bonds. The van der Waals surface area contributed by atoms with Gasteiger partial charge in [0.2, 0.25) is 0 Å². The van der Waals surface area contributed by atoms with Gasteiger partial charge in [-0.25, -0.2) is 4.79 Å². The van der Waals surface area contributed by atoms with E-state index in [1.165, 1.54) is 0 Å². The van der Waals surface area contributed by atoms with Gasteiger partial charge in [-0.2, -0.15) is 0 Å². The zero-order chi connectivity index (χ0) is 7.78. The highest BCUT2D eigenvalue weighted by atomic mass is 35.5. The Morgan fingerprint density at radius 3 is 2.27 bits per heavy atom. The molecule has 0 aromatic heterocycles. The molecule has 1 fully saturated rings. The van der Waals surface area contributed by atoms with Gasteiger partial charge >= 0.3 is 6.03 Å². The second-order valence-electron chi connectivity index (χ2n) is 2.44. The molecule has 1 heterocycles. The minimum atomic E-state index is -0.906. The van der Waals surface area contributed by atoms with Crippen LogP contribution < -0.4 is 16.4 Å². The molecule has 1 aliphatic heterocycles. The highest BCUT2D eigenvalue weighted by Crippen LogP contribution is 2.05. The largest absolute Gasteiger partial charge is 0.328 e. The number of carbonyl (C=O) groups excluding carboxylic acids is 2. The van der Waals surface area contributed by atoms with Crippen molar-refractivity contribution in [2.24, 2.45) is 5.73 Å². The molecule has 1 aliphatic rings. The third kappa shape index (κ3) is 1.61. The average Bonchev–Trinajstić information content (AvgIpc) is 2.09. The normalized spacial score (nSPS) is 28.9. The Labute approximate surface area is 70.1 Å². The average molecular weight is 180 g/mol. The number of hydrogen-bond donors (Lipinski definition) is 3. The molecule has 0 spiro atoms. The number of imide groups is 1. The number of hydrogen-bond acceptors (Lipinski definition) is 3. The molecule has 0 saturated carbocycles. The summed E-state index contributed by atoms with van der Waals surface area (Å²) in [5, 5.41) is 4.49. The van der Waals surface area contributed by atoms with Crippen LogP contribution in [0.5, 0.6) is 0 Å². The third-order valence-electron chi connectivity index (χ3n) is 1.53. The fourth-order valence-corrected chi connectivity index (χ4v) is 0.723. The van der Waals surface area contributed by atoms with Crippen LogP contribution in [0.3, 0.4) is 0 Å². The molecule has 1 rings (SSSR count).